The highest BCUT2D eigenvalue weighted by Gasteiger charge is 2.32. The van der Waals surface area contributed by atoms with Crippen LogP contribution in [0.5, 0.6) is 0 Å². The maximum absolute atomic E-state index is 13.3. The van der Waals surface area contributed by atoms with Gasteiger partial charge in [-0.15, -0.1) is 5.10 Å². The first kappa shape index (κ1) is 20.3. The molecule has 2 aliphatic heterocycles. The summed E-state index contributed by atoms with van der Waals surface area (Å²) in [6, 6.07) is 5.96. The van der Waals surface area contributed by atoms with Crippen molar-refractivity contribution in [3.63, 3.8) is 0 Å². The molecule has 31 heavy (non-hydrogen) atoms. The van der Waals surface area contributed by atoms with Crippen molar-refractivity contribution in [2.75, 3.05) is 19.7 Å². The molecule has 2 aromatic heterocycles. The Hall–Kier alpha value is -2.58. The first-order valence-corrected chi connectivity index (χ1v) is 11.4. The van der Waals surface area contributed by atoms with Crippen LogP contribution in [0.3, 0.4) is 0 Å². The molecule has 2 aliphatic rings. The summed E-state index contributed by atoms with van der Waals surface area (Å²) in [7, 11) is 0. The van der Waals surface area contributed by atoms with Crippen LogP contribution < -0.4 is 5.56 Å². The number of nitrogens with one attached hydrogen (secondary N) is 1. The molecule has 0 radical (unpaired) electrons. The zero-order valence-corrected chi connectivity index (χ0v) is 18.3. The first-order chi connectivity index (χ1) is 15.1. The van der Waals surface area contributed by atoms with Crippen LogP contribution in [0.15, 0.2) is 23.0 Å². The number of ether oxygens (including phenoxy) is 1. The SMILES string of the molecule is Cc1cc2cc(C(c3nnnn3CC3CCCO3)N3CCCCC3)c(=O)[nH]c2cc1C. The third-order valence-electron chi connectivity index (χ3n) is 6.74. The van der Waals surface area contributed by atoms with Gasteiger partial charge in [-0.3, -0.25) is 9.69 Å². The Morgan fingerprint density at radius 3 is 2.71 bits per heavy atom. The fourth-order valence-corrected chi connectivity index (χ4v) is 4.89. The second-order valence-corrected chi connectivity index (χ2v) is 8.93. The molecule has 0 bridgehead atoms. The highest BCUT2D eigenvalue weighted by molar-refractivity contribution is 5.81. The number of fused-ring (bicyclic) bond motifs is 1. The second kappa shape index (κ2) is 8.51. The quantitative estimate of drug-likeness (QED) is 0.680. The number of hydrogen-bond donors (Lipinski definition) is 1. The maximum atomic E-state index is 13.3. The lowest BCUT2D eigenvalue weighted by atomic mass is 9.99. The van der Waals surface area contributed by atoms with E-state index in [1.54, 1.807) is 0 Å². The van der Waals surface area contributed by atoms with Crippen LogP contribution in [0.4, 0.5) is 0 Å². The fourth-order valence-electron chi connectivity index (χ4n) is 4.89. The minimum Gasteiger partial charge on any atom is -0.376 e. The molecule has 2 fully saturated rings. The molecule has 1 N–H and O–H groups in total. The Morgan fingerprint density at radius 1 is 1.13 bits per heavy atom. The number of pyridine rings is 1. The molecule has 5 rings (SSSR count). The van der Waals surface area contributed by atoms with Crippen LogP contribution in [0.25, 0.3) is 10.9 Å². The van der Waals surface area contributed by atoms with Crippen molar-refractivity contribution in [2.45, 2.75) is 64.6 Å². The molecule has 0 aliphatic carbocycles. The Kier molecular flexibility index (Phi) is 5.58. The van der Waals surface area contributed by atoms with Gasteiger partial charge < -0.3 is 9.72 Å². The molecule has 4 heterocycles. The van der Waals surface area contributed by atoms with Gasteiger partial charge in [-0.25, -0.2) is 4.68 Å². The van der Waals surface area contributed by atoms with E-state index < -0.39 is 0 Å². The predicted molar refractivity (Wildman–Crippen MR) is 118 cm³/mol. The monoisotopic (exact) mass is 422 g/mol. The van der Waals surface area contributed by atoms with E-state index in [0.29, 0.717) is 12.1 Å². The van der Waals surface area contributed by atoms with Crippen LogP contribution in [0.2, 0.25) is 0 Å². The van der Waals surface area contributed by atoms with Gasteiger partial charge in [0.15, 0.2) is 5.82 Å². The zero-order valence-electron chi connectivity index (χ0n) is 18.3. The van der Waals surface area contributed by atoms with Crippen molar-refractivity contribution in [3.8, 4) is 0 Å². The molecule has 2 atom stereocenters. The molecule has 0 saturated carbocycles. The van der Waals surface area contributed by atoms with E-state index in [9.17, 15) is 4.79 Å². The van der Waals surface area contributed by atoms with E-state index in [4.69, 9.17) is 4.74 Å². The van der Waals surface area contributed by atoms with Crippen molar-refractivity contribution >= 4 is 10.9 Å². The number of aryl methyl sites for hydroxylation is 2. The summed E-state index contributed by atoms with van der Waals surface area (Å²) in [5.74, 6) is 0.728. The minimum absolute atomic E-state index is 0.0713. The first-order valence-electron chi connectivity index (χ1n) is 11.4. The molecule has 1 aromatic carbocycles. The molecule has 2 unspecified atom stereocenters. The summed E-state index contributed by atoms with van der Waals surface area (Å²) >= 11 is 0. The lowest BCUT2D eigenvalue weighted by Crippen LogP contribution is -2.39. The molecule has 2 saturated heterocycles. The Bertz CT molecular complexity index is 1120. The molecule has 8 nitrogen and oxygen atoms in total. The topological polar surface area (TPSA) is 88.9 Å². The number of rotatable bonds is 5. The predicted octanol–water partition coefficient (Wildman–Crippen LogP) is 2.89. The number of tetrazole rings is 1. The standard InChI is InChI=1S/C23H30N6O2/c1-15-11-17-13-19(23(30)24-20(17)12-16(15)2)21(28-8-4-3-5-9-28)22-25-26-27-29(22)14-18-7-6-10-31-18/h11-13,18,21H,3-10,14H2,1-2H3,(H,24,30). The summed E-state index contributed by atoms with van der Waals surface area (Å²) in [4.78, 5) is 18.8. The molecular weight excluding hydrogens is 392 g/mol. The average Bonchev–Trinajstić information content (AvgIpc) is 3.44. The van der Waals surface area contributed by atoms with Gasteiger partial charge in [0.05, 0.1) is 12.6 Å². The van der Waals surface area contributed by atoms with Gasteiger partial charge in [0.25, 0.3) is 5.56 Å². The van der Waals surface area contributed by atoms with Gasteiger partial charge in [-0.2, -0.15) is 0 Å². The Labute approximate surface area is 181 Å². The van der Waals surface area contributed by atoms with Gasteiger partial charge in [0, 0.05) is 17.7 Å². The number of likely N-dealkylation sites (tertiary alicyclic amines) is 1. The highest BCUT2D eigenvalue weighted by atomic mass is 16.5. The van der Waals surface area contributed by atoms with Crippen molar-refractivity contribution in [2.24, 2.45) is 0 Å². The Balaban J connectivity index is 1.61. The lowest BCUT2D eigenvalue weighted by Gasteiger charge is -2.33. The third-order valence-corrected chi connectivity index (χ3v) is 6.74. The van der Waals surface area contributed by atoms with Gasteiger partial charge in [0.2, 0.25) is 0 Å². The van der Waals surface area contributed by atoms with Crippen LogP contribution >= 0.6 is 0 Å². The molecule has 0 spiro atoms. The average molecular weight is 423 g/mol. The normalized spacial score (nSPS) is 21.0. The molecule has 8 heteroatoms. The third kappa shape index (κ3) is 4.02. The van der Waals surface area contributed by atoms with Crippen LogP contribution in [-0.4, -0.2) is 55.9 Å². The van der Waals surface area contributed by atoms with E-state index in [2.05, 4.69) is 45.3 Å². The summed E-state index contributed by atoms with van der Waals surface area (Å²) < 4.78 is 7.67. The minimum atomic E-state index is -0.272. The number of hydrogen-bond acceptors (Lipinski definition) is 6. The zero-order chi connectivity index (χ0) is 21.4. The maximum Gasteiger partial charge on any atom is 0.253 e. The number of aromatic nitrogens is 5. The van der Waals surface area contributed by atoms with Crippen molar-refractivity contribution in [3.05, 3.63) is 51.1 Å². The Morgan fingerprint density at radius 2 is 1.94 bits per heavy atom. The molecule has 3 aromatic rings. The number of benzene rings is 1. The van der Waals surface area contributed by atoms with E-state index in [0.717, 1.165) is 62.1 Å². The smallest absolute Gasteiger partial charge is 0.253 e. The number of piperidine rings is 1. The van der Waals surface area contributed by atoms with E-state index in [1.165, 1.54) is 17.5 Å². The fraction of sp³-hybridized carbons (Fsp3) is 0.565. The summed E-state index contributed by atoms with van der Waals surface area (Å²) in [6.45, 7) is 7.45. The van der Waals surface area contributed by atoms with Crippen molar-refractivity contribution < 1.29 is 4.74 Å². The lowest BCUT2D eigenvalue weighted by molar-refractivity contribution is 0.0902. The molecular formula is C23H30N6O2. The number of H-pyrrole nitrogens is 1. The summed E-state index contributed by atoms with van der Waals surface area (Å²) in [6.07, 6.45) is 5.67. The van der Waals surface area contributed by atoms with Gasteiger partial charge in [-0.1, -0.05) is 6.42 Å². The van der Waals surface area contributed by atoms with E-state index in [1.807, 2.05) is 16.8 Å². The van der Waals surface area contributed by atoms with Crippen LogP contribution in [0.1, 0.15) is 60.7 Å². The summed E-state index contributed by atoms with van der Waals surface area (Å²) in [5, 5.41) is 13.7. The molecule has 0 amide bonds. The van der Waals surface area contributed by atoms with Gasteiger partial charge in [0.1, 0.15) is 6.04 Å². The second-order valence-electron chi connectivity index (χ2n) is 8.93. The van der Waals surface area contributed by atoms with E-state index >= 15 is 0 Å². The summed E-state index contributed by atoms with van der Waals surface area (Å²) in [5.41, 5.74) is 3.89. The largest absolute Gasteiger partial charge is 0.376 e. The molecule has 164 valence electrons. The van der Waals surface area contributed by atoms with Gasteiger partial charge in [-0.05, 0) is 97.8 Å². The van der Waals surface area contributed by atoms with Crippen molar-refractivity contribution in [1.82, 2.24) is 30.1 Å². The van der Waals surface area contributed by atoms with Crippen LogP contribution in [0, 0.1) is 13.8 Å². The van der Waals surface area contributed by atoms with E-state index in [-0.39, 0.29) is 17.7 Å². The number of nitrogens with zero attached hydrogens (tertiary/aromatic N) is 5. The van der Waals surface area contributed by atoms with Gasteiger partial charge >= 0.3 is 0 Å². The van der Waals surface area contributed by atoms with Crippen LogP contribution in [-0.2, 0) is 11.3 Å². The van der Waals surface area contributed by atoms with Crippen molar-refractivity contribution in [1.29, 1.82) is 0 Å². The highest BCUT2D eigenvalue weighted by Crippen LogP contribution is 2.30. The number of aromatic amines is 1.